The van der Waals surface area contributed by atoms with Gasteiger partial charge in [-0.2, -0.15) is 0 Å². The minimum Gasteiger partial charge on any atom is -0.336 e. The molecule has 0 aromatic heterocycles. The molecule has 0 saturated heterocycles. The lowest BCUT2D eigenvalue weighted by molar-refractivity contribution is -0.687. The fourth-order valence-corrected chi connectivity index (χ4v) is 3.08. The number of nitrogens with two attached hydrogens (primary N) is 1. The van der Waals surface area contributed by atoms with Gasteiger partial charge in [0.2, 0.25) is 0 Å². The molecule has 3 N–H and O–H groups in total. The van der Waals surface area contributed by atoms with Gasteiger partial charge < -0.3 is 10.6 Å². The van der Waals surface area contributed by atoms with Gasteiger partial charge in [0.15, 0.2) is 6.54 Å². The molecule has 1 aliphatic rings. The summed E-state index contributed by atoms with van der Waals surface area (Å²) in [7, 11) is 0. The first-order valence-electron chi connectivity index (χ1n) is 7.14. The highest BCUT2D eigenvalue weighted by Gasteiger charge is 2.24. The topological polar surface area (TPSA) is 45.7 Å². The first-order valence-corrected chi connectivity index (χ1v) is 7.90. The van der Waals surface area contributed by atoms with Gasteiger partial charge in [0.1, 0.15) is 0 Å². The predicted molar refractivity (Wildman–Crippen MR) is 83.3 cm³/mol. The quantitative estimate of drug-likeness (QED) is 0.881. The molecule has 1 aromatic carbocycles. The van der Waals surface area contributed by atoms with Crippen LogP contribution in [0.3, 0.4) is 0 Å². The Labute approximate surface area is 130 Å². The zero-order valence-corrected chi connectivity index (χ0v) is 13.2. The third-order valence-corrected chi connectivity index (χ3v) is 4.55. The summed E-state index contributed by atoms with van der Waals surface area (Å²) in [5.74, 6) is 0.651. The van der Waals surface area contributed by atoms with E-state index in [2.05, 4.69) is 17.6 Å². The van der Waals surface area contributed by atoms with E-state index in [0.717, 1.165) is 0 Å². The van der Waals surface area contributed by atoms with Crippen LogP contribution < -0.4 is 10.6 Å². The monoisotopic (exact) mass is 315 g/mol. The minimum atomic E-state index is -0.0352. The van der Waals surface area contributed by atoms with Gasteiger partial charge in [-0.25, -0.2) is 0 Å². The van der Waals surface area contributed by atoms with E-state index in [-0.39, 0.29) is 5.91 Å². The molecule has 0 unspecified atom stereocenters. The van der Waals surface area contributed by atoms with Crippen LogP contribution in [0.1, 0.15) is 32.6 Å². The van der Waals surface area contributed by atoms with E-state index in [1.165, 1.54) is 25.7 Å². The number of carbonyl (C=O) groups excluding carboxylic acids is 1. The number of carbonyl (C=O) groups is 1. The van der Waals surface area contributed by atoms with Crippen LogP contribution in [0.5, 0.6) is 0 Å². The van der Waals surface area contributed by atoms with Crippen molar-refractivity contribution in [2.24, 2.45) is 5.92 Å². The van der Waals surface area contributed by atoms with E-state index in [1.807, 2.05) is 0 Å². The molecule has 0 radical (unpaired) electrons. The normalized spacial score (nSPS) is 22.6. The van der Waals surface area contributed by atoms with E-state index in [1.54, 1.807) is 18.2 Å². The molecule has 1 aliphatic carbocycles. The van der Waals surface area contributed by atoms with E-state index >= 15 is 0 Å². The largest absolute Gasteiger partial charge is 0.336 e. The first-order chi connectivity index (χ1) is 9.56. The summed E-state index contributed by atoms with van der Waals surface area (Å²) >= 11 is 11.9. The number of quaternary nitrogens is 1. The Hall–Kier alpha value is -0.770. The lowest BCUT2D eigenvalue weighted by atomic mass is 9.86. The van der Waals surface area contributed by atoms with Gasteiger partial charge in [0.25, 0.3) is 5.91 Å². The van der Waals surface area contributed by atoms with E-state index in [9.17, 15) is 4.79 Å². The average molecular weight is 316 g/mol. The van der Waals surface area contributed by atoms with Crippen molar-refractivity contribution in [1.29, 1.82) is 0 Å². The highest BCUT2D eigenvalue weighted by Crippen LogP contribution is 2.25. The summed E-state index contributed by atoms with van der Waals surface area (Å²) in [5, 5.41) is 6.04. The van der Waals surface area contributed by atoms with Gasteiger partial charge in [0, 0.05) is 10.9 Å². The van der Waals surface area contributed by atoms with Gasteiger partial charge in [0.05, 0.1) is 16.8 Å². The maximum absolute atomic E-state index is 12.0. The van der Waals surface area contributed by atoms with E-state index in [0.29, 0.717) is 34.2 Å². The Kier molecular flexibility index (Phi) is 5.70. The molecular weight excluding hydrogens is 295 g/mol. The molecule has 1 saturated carbocycles. The average Bonchev–Trinajstić information content (AvgIpc) is 2.42. The van der Waals surface area contributed by atoms with Crippen molar-refractivity contribution in [3.05, 3.63) is 28.2 Å². The second-order valence-electron chi connectivity index (χ2n) is 5.54. The summed E-state index contributed by atoms with van der Waals surface area (Å²) in [5.41, 5.74) is 0.578. The number of halogens is 2. The molecule has 2 atom stereocenters. The summed E-state index contributed by atoms with van der Waals surface area (Å²) in [6, 6.07) is 5.62. The molecule has 3 nitrogen and oxygen atoms in total. The molecule has 0 heterocycles. The number of hydrogen-bond donors (Lipinski definition) is 2. The lowest BCUT2D eigenvalue weighted by Gasteiger charge is -2.26. The molecule has 1 aromatic rings. The Bertz CT molecular complexity index is 479. The van der Waals surface area contributed by atoms with Gasteiger partial charge in [-0.1, -0.05) is 36.5 Å². The number of hydrogen-bond acceptors (Lipinski definition) is 1. The molecular formula is C15H21Cl2N2O+. The summed E-state index contributed by atoms with van der Waals surface area (Å²) in [6.07, 6.45) is 5.05. The number of benzene rings is 1. The first kappa shape index (κ1) is 15.6. The lowest BCUT2D eigenvalue weighted by Crippen LogP contribution is -2.93. The molecule has 1 fully saturated rings. The fourth-order valence-electron chi connectivity index (χ4n) is 2.75. The van der Waals surface area contributed by atoms with Crippen LogP contribution in [0.25, 0.3) is 0 Å². The third kappa shape index (κ3) is 4.37. The van der Waals surface area contributed by atoms with Crippen molar-refractivity contribution >= 4 is 34.8 Å². The maximum atomic E-state index is 12.0. The molecule has 110 valence electrons. The van der Waals surface area contributed by atoms with Gasteiger partial charge in [-0.3, -0.25) is 4.79 Å². The van der Waals surface area contributed by atoms with Crippen LogP contribution in [0, 0.1) is 5.92 Å². The Morgan fingerprint density at radius 1 is 1.35 bits per heavy atom. The minimum absolute atomic E-state index is 0.0352. The van der Waals surface area contributed by atoms with Crippen molar-refractivity contribution in [2.75, 3.05) is 11.9 Å². The van der Waals surface area contributed by atoms with Gasteiger partial charge in [-0.15, -0.1) is 0 Å². The van der Waals surface area contributed by atoms with Gasteiger partial charge in [-0.05, 0) is 37.5 Å². The highest BCUT2D eigenvalue weighted by molar-refractivity contribution is 6.35. The number of nitrogens with one attached hydrogen (secondary N) is 1. The van der Waals surface area contributed by atoms with Crippen molar-refractivity contribution in [2.45, 2.75) is 38.6 Å². The van der Waals surface area contributed by atoms with Crippen molar-refractivity contribution in [3.63, 3.8) is 0 Å². The zero-order chi connectivity index (χ0) is 14.5. The summed E-state index contributed by atoms with van der Waals surface area (Å²) < 4.78 is 0. The molecule has 0 aliphatic heterocycles. The Morgan fingerprint density at radius 3 is 2.85 bits per heavy atom. The van der Waals surface area contributed by atoms with Crippen LogP contribution in [0.15, 0.2) is 18.2 Å². The van der Waals surface area contributed by atoms with Crippen LogP contribution in [0.4, 0.5) is 5.69 Å². The molecule has 2 rings (SSSR count). The molecule has 0 spiro atoms. The highest BCUT2D eigenvalue weighted by atomic mass is 35.5. The van der Waals surface area contributed by atoms with E-state index < -0.39 is 0 Å². The van der Waals surface area contributed by atoms with Crippen molar-refractivity contribution < 1.29 is 10.1 Å². The number of amides is 1. The van der Waals surface area contributed by atoms with Gasteiger partial charge >= 0.3 is 0 Å². The van der Waals surface area contributed by atoms with E-state index in [4.69, 9.17) is 23.2 Å². The Morgan fingerprint density at radius 2 is 2.10 bits per heavy atom. The van der Waals surface area contributed by atoms with Crippen LogP contribution >= 0.6 is 23.2 Å². The standard InChI is InChI=1S/C15H20Cl2N2O/c1-10-4-2-3-5-13(10)18-9-15(20)19-14-8-11(16)6-7-12(14)17/h6-8,10,13,18H,2-5,9H2,1H3,(H,19,20)/p+1/t10-,13+/m1/s1. The number of rotatable bonds is 4. The summed E-state index contributed by atoms with van der Waals surface area (Å²) in [6.45, 7) is 2.70. The molecule has 20 heavy (non-hydrogen) atoms. The molecule has 5 heteroatoms. The Balaban J connectivity index is 1.84. The molecule has 0 bridgehead atoms. The second kappa shape index (κ2) is 7.30. The zero-order valence-electron chi connectivity index (χ0n) is 11.7. The van der Waals surface area contributed by atoms with Crippen molar-refractivity contribution in [1.82, 2.24) is 0 Å². The predicted octanol–water partition coefficient (Wildman–Crippen LogP) is 3.07. The maximum Gasteiger partial charge on any atom is 0.279 e. The SMILES string of the molecule is C[C@@H]1CCCC[C@@H]1[NH2+]CC(=O)Nc1cc(Cl)ccc1Cl. The smallest absolute Gasteiger partial charge is 0.279 e. The summed E-state index contributed by atoms with van der Waals surface area (Å²) in [4.78, 5) is 12.0. The second-order valence-corrected chi connectivity index (χ2v) is 6.38. The fraction of sp³-hybridized carbons (Fsp3) is 0.533. The van der Waals surface area contributed by atoms with Crippen LogP contribution in [-0.4, -0.2) is 18.5 Å². The molecule has 1 amide bonds. The number of anilines is 1. The van der Waals surface area contributed by atoms with Crippen LogP contribution in [0.2, 0.25) is 10.0 Å². The van der Waals surface area contributed by atoms with Crippen molar-refractivity contribution in [3.8, 4) is 0 Å². The third-order valence-electron chi connectivity index (χ3n) is 3.99. The van der Waals surface area contributed by atoms with Crippen LogP contribution in [-0.2, 0) is 4.79 Å².